The molecule has 1 aliphatic rings. The maximum Gasteiger partial charge on any atom is 0.326 e. The van der Waals surface area contributed by atoms with Crippen molar-refractivity contribution < 1.29 is 58.5 Å². The molecule has 23 heteroatoms. The summed E-state index contributed by atoms with van der Waals surface area (Å²) < 4.78 is 0. The molecule has 0 radical (unpaired) electrons. The average molecular weight is 862 g/mol. The van der Waals surface area contributed by atoms with Crippen LogP contribution >= 0.6 is 0 Å². The Morgan fingerprint density at radius 2 is 1.38 bits per heavy atom. The highest BCUT2D eigenvalue weighted by molar-refractivity contribution is 5.98. The highest BCUT2D eigenvalue weighted by Crippen LogP contribution is 2.20. The lowest BCUT2D eigenvalue weighted by molar-refractivity contribution is -0.145. The number of carbonyl (C=O) groups is 9. The fourth-order valence-electron chi connectivity index (χ4n) is 6.38. The third-order valence-corrected chi connectivity index (χ3v) is 9.65. The minimum absolute atomic E-state index is 0.00737. The molecule has 0 unspecified atom stereocenters. The van der Waals surface area contributed by atoms with Crippen LogP contribution in [-0.4, -0.2) is 141 Å². The van der Waals surface area contributed by atoms with Crippen molar-refractivity contribution in [3.05, 3.63) is 35.9 Å². The van der Waals surface area contributed by atoms with Gasteiger partial charge in [0.05, 0.1) is 18.6 Å². The maximum absolute atomic E-state index is 13.9. The van der Waals surface area contributed by atoms with Crippen molar-refractivity contribution in [2.75, 3.05) is 13.1 Å². The number of aliphatic imine (C=N–C) groups is 1. The maximum atomic E-state index is 13.9. The molecule has 0 saturated carbocycles. The molecule has 16 N–H and O–H groups in total. The van der Waals surface area contributed by atoms with Crippen LogP contribution < -0.4 is 49.5 Å². The van der Waals surface area contributed by atoms with Crippen LogP contribution in [0.3, 0.4) is 0 Å². The van der Waals surface area contributed by atoms with Crippen molar-refractivity contribution in [1.29, 1.82) is 0 Å². The number of carboxylic acids is 2. The first-order valence-electron chi connectivity index (χ1n) is 19.7. The number of nitrogens with one attached hydrogen (secondary N) is 5. The molecule has 8 atom stereocenters. The topological polar surface area (TPSA) is 394 Å². The number of benzene rings is 1. The number of carboxylic acid groups (broad SMARTS) is 2. The van der Waals surface area contributed by atoms with Crippen LogP contribution in [0.25, 0.3) is 0 Å². The van der Waals surface area contributed by atoms with E-state index in [2.05, 4.69) is 31.6 Å². The number of hydrogen-bond donors (Lipinski definition) is 12. The van der Waals surface area contributed by atoms with Gasteiger partial charge in [-0.05, 0) is 50.5 Å². The number of primary amides is 1. The lowest BCUT2D eigenvalue weighted by atomic mass is 10.00. The molecule has 61 heavy (non-hydrogen) atoms. The molecule has 7 amide bonds. The van der Waals surface area contributed by atoms with Crippen LogP contribution in [0.2, 0.25) is 0 Å². The second kappa shape index (κ2) is 24.7. The first-order valence-corrected chi connectivity index (χ1v) is 19.7. The molecule has 0 aromatic heterocycles. The first-order chi connectivity index (χ1) is 28.6. The number of rotatable bonds is 25. The quantitative estimate of drug-likeness (QED) is 0.0253. The first kappa shape index (κ1) is 50.8. The summed E-state index contributed by atoms with van der Waals surface area (Å²) in [6, 6.07) is -1.29. The molecule has 0 spiro atoms. The smallest absolute Gasteiger partial charge is 0.326 e. The van der Waals surface area contributed by atoms with E-state index < -0.39 is 120 Å². The third kappa shape index (κ3) is 17.0. The lowest BCUT2D eigenvalue weighted by Gasteiger charge is -2.32. The van der Waals surface area contributed by atoms with Crippen molar-refractivity contribution in [2.45, 2.75) is 121 Å². The summed E-state index contributed by atoms with van der Waals surface area (Å²) in [5.74, 6) is -9.67. The summed E-state index contributed by atoms with van der Waals surface area (Å²) in [6.07, 6.45) is -2.63. The molecule has 1 fully saturated rings. The zero-order valence-electron chi connectivity index (χ0n) is 34.4. The van der Waals surface area contributed by atoms with E-state index in [-0.39, 0.29) is 51.2 Å². The Morgan fingerprint density at radius 1 is 0.787 bits per heavy atom. The molecule has 0 aliphatic carbocycles. The number of hydrogen-bond acceptors (Lipinski definition) is 12. The molecule has 338 valence electrons. The molecule has 1 saturated heterocycles. The second-order valence-corrected chi connectivity index (χ2v) is 15.0. The minimum Gasteiger partial charge on any atom is -0.481 e. The number of nitrogens with two attached hydrogens (primary N) is 4. The van der Waals surface area contributed by atoms with E-state index >= 15 is 0 Å². The van der Waals surface area contributed by atoms with Crippen LogP contribution in [0.15, 0.2) is 35.3 Å². The van der Waals surface area contributed by atoms with Gasteiger partial charge in [-0.15, -0.1) is 0 Å². The van der Waals surface area contributed by atoms with Crippen molar-refractivity contribution in [3.8, 4) is 0 Å². The average Bonchev–Trinajstić information content (AvgIpc) is 3.68. The van der Waals surface area contributed by atoms with E-state index in [1.807, 2.05) is 0 Å². The summed E-state index contributed by atoms with van der Waals surface area (Å²) in [6.45, 7) is 4.50. The SMILES string of the molecule is CC(C)[C@H](NC(=O)[C@H](CCCN=C(N)N)NC(=O)[C@@H]1CCCN1C(=O)[C@@H](NC(=O)[C@H](CCC(N)=O)NC(=O)[C@@H](N)CC(=O)O)[C@@H](C)O)C(=O)N[C@@H](Cc1ccccc1)C(=O)O. The predicted molar refractivity (Wildman–Crippen MR) is 217 cm³/mol. The Labute approximate surface area is 352 Å². The van der Waals surface area contributed by atoms with E-state index in [4.69, 9.17) is 28.0 Å². The Bertz CT molecular complexity index is 1760. The molecule has 0 bridgehead atoms. The second-order valence-electron chi connectivity index (χ2n) is 15.0. The van der Waals surface area contributed by atoms with Gasteiger partial charge in [0.1, 0.15) is 36.3 Å². The van der Waals surface area contributed by atoms with Gasteiger partial charge in [0.15, 0.2) is 5.96 Å². The summed E-state index contributed by atoms with van der Waals surface area (Å²) in [5, 5.41) is 41.8. The van der Waals surface area contributed by atoms with E-state index in [9.17, 15) is 53.4 Å². The number of aliphatic hydroxyl groups excluding tert-OH is 1. The molecule has 23 nitrogen and oxygen atoms in total. The molecule has 1 heterocycles. The van der Waals surface area contributed by atoms with Crippen molar-refractivity contribution in [3.63, 3.8) is 0 Å². The van der Waals surface area contributed by atoms with Crippen LogP contribution in [0.1, 0.15) is 71.3 Å². The number of aliphatic hydroxyl groups is 1. The number of aliphatic carboxylic acids is 2. The third-order valence-electron chi connectivity index (χ3n) is 9.65. The number of amides is 7. The summed E-state index contributed by atoms with van der Waals surface area (Å²) in [4.78, 5) is 121. The number of likely N-dealkylation sites (tertiary alicyclic amines) is 1. The van der Waals surface area contributed by atoms with Gasteiger partial charge < -0.3 is 69.7 Å². The zero-order valence-corrected chi connectivity index (χ0v) is 34.4. The molecule has 1 aromatic rings. The van der Waals surface area contributed by atoms with Gasteiger partial charge in [-0.2, -0.15) is 0 Å². The van der Waals surface area contributed by atoms with Crippen molar-refractivity contribution in [2.24, 2.45) is 33.8 Å². The molecule has 2 rings (SSSR count). The van der Waals surface area contributed by atoms with E-state index in [1.54, 1.807) is 44.2 Å². The highest BCUT2D eigenvalue weighted by atomic mass is 16.4. The fraction of sp³-hybridized carbons (Fsp3) is 0.579. The van der Waals surface area contributed by atoms with Gasteiger partial charge in [0.25, 0.3) is 0 Å². The molecule has 1 aliphatic heterocycles. The molecular weight excluding hydrogens is 802 g/mol. The highest BCUT2D eigenvalue weighted by Gasteiger charge is 2.41. The Balaban J connectivity index is 2.30. The number of guanidine groups is 1. The van der Waals surface area contributed by atoms with E-state index in [0.29, 0.717) is 12.0 Å². The minimum atomic E-state index is -1.69. The van der Waals surface area contributed by atoms with Gasteiger partial charge in [0, 0.05) is 25.9 Å². The van der Waals surface area contributed by atoms with Crippen LogP contribution in [0, 0.1) is 5.92 Å². The Kier molecular flexibility index (Phi) is 20.5. The summed E-state index contributed by atoms with van der Waals surface area (Å²) >= 11 is 0. The van der Waals surface area contributed by atoms with Crippen LogP contribution in [0.4, 0.5) is 0 Å². The van der Waals surface area contributed by atoms with E-state index in [0.717, 1.165) is 4.90 Å². The predicted octanol–water partition coefficient (Wildman–Crippen LogP) is -4.11. The van der Waals surface area contributed by atoms with Crippen molar-refractivity contribution >= 4 is 59.2 Å². The van der Waals surface area contributed by atoms with Gasteiger partial charge in [0.2, 0.25) is 41.4 Å². The fourth-order valence-corrected chi connectivity index (χ4v) is 6.38. The lowest BCUT2D eigenvalue weighted by Crippen LogP contribution is -2.61. The molecular formula is C38H59N11O12. The monoisotopic (exact) mass is 861 g/mol. The zero-order chi connectivity index (χ0) is 46.0. The van der Waals surface area contributed by atoms with Crippen LogP contribution in [0.5, 0.6) is 0 Å². The number of nitrogens with zero attached hydrogens (tertiary/aromatic N) is 2. The Morgan fingerprint density at radius 3 is 1.92 bits per heavy atom. The summed E-state index contributed by atoms with van der Waals surface area (Å²) in [7, 11) is 0. The van der Waals surface area contributed by atoms with E-state index in [1.165, 1.54) is 6.92 Å². The molecule has 1 aromatic carbocycles. The van der Waals surface area contributed by atoms with Crippen LogP contribution in [-0.2, 0) is 49.6 Å². The van der Waals surface area contributed by atoms with Crippen molar-refractivity contribution in [1.82, 2.24) is 31.5 Å². The standard InChI is InChI=1S/C38H59N11O12/c1-19(2)29(35(58)46-25(37(60)61)17-21-9-5-4-6-10-21)47-32(55)23(11-7-15-43-38(41)42)45-34(57)26-12-8-16-49(26)36(59)30(20(3)50)48-33(56)24(13-14-27(40)51)44-31(54)22(39)18-28(52)53/h4-6,9-10,19-20,22-26,29-30,50H,7-8,11-18,39H2,1-3H3,(H2,40,51)(H,44,54)(H,45,57)(H,46,58)(H,47,55)(H,48,56)(H,52,53)(H,60,61)(H4,41,42,43)/t20-,22+,23+,24+,25+,26+,29+,30+/m1/s1. The normalized spacial score (nSPS) is 17.0. The summed E-state index contributed by atoms with van der Waals surface area (Å²) in [5.41, 5.74) is 22.4. The van der Waals surface area contributed by atoms with Gasteiger partial charge in [-0.25, -0.2) is 4.79 Å². The number of carbonyl (C=O) groups excluding carboxylic acids is 7. The van der Waals surface area contributed by atoms with Gasteiger partial charge >= 0.3 is 11.9 Å². The van der Waals surface area contributed by atoms with Gasteiger partial charge in [-0.3, -0.25) is 43.3 Å². The van der Waals surface area contributed by atoms with Gasteiger partial charge in [-0.1, -0.05) is 44.2 Å². The Hall–Kier alpha value is -6.36. The largest absolute Gasteiger partial charge is 0.481 e.